The van der Waals surface area contributed by atoms with Gasteiger partial charge in [-0.2, -0.15) is 0 Å². The van der Waals surface area contributed by atoms with Gasteiger partial charge in [0.15, 0.2) is 0 Å². The minimum atomic E-state index is -0.740. The summed E-state index contributed by atoms with van der Waals surface area (Å²) in [6, 6.07) is 18.4. The Bertz CT molecular complexity index is 556. The lowest BCUT2D eigenvalue weighted by molar-refractivity contribution is -0.137. The zero-order chi connectivity index (χ0) is 14.5. The van der Waals surface area contributed by atoms with Crippen molar-refractivity contribution in [3.8, 4) is 11.1 Å². The van der Waals surface area contributed by atoms with Crippen LogP contribution in [0.3, 0.4) is 0 Å². The smallest absolute Gasteiger partial charge is 0.303 e. The lowest BCUT2D eigenvalue weighted by Crippen LogP contribution is -2.12. The van der Waals surface area contributed by atoms with E-state index in [0.29, 0.717) is 5.92 Å². The third-order valence-electron chi connectivity index (χ3n) is 3.65. The first-order valence-electron chi connectivity index (χ1n) is 6.95. The van der Waals surface area contributed by atoms with Gasteiger partial charge < -0.3 is 5.11 Å². The number of hydrogen-bond acceptors (Lipinski definition) is 1. The molecule has 0 amide bonds. The second-order valence-electron chi connectivity index (χ2n) is 5.44. The fourth-order valence-electron chi connectivity index (χ4n) is 2.48. The third kappa shape index (κ3) is 3.47. The minimum absolute atomic E-state index is 0.0670. The Hall–Kier alpha value is -2.09. The summed E-state index contributed by atoms with van der Waals surface area (Å²) >= 11 is 0. The second kappa shape index (κ2) is 6.38. The summed E-state index contributed by atoms with van der Waals surface area (Å²) in [5.41, 5.74) is 3.44. The molecule has 0 aliphatic heterocycles. The molecule has 0 spiro atoms. The van der Waals surface area contributed by atoms with Crippen LogP contribution in [0.4, 0.5) is 0 Å². The molecule has 2 aromatic carbocycles. The van der Waals surface area contributed by atoms with E-state index in [1.807, 2.05) is 18.2 Å². The van der Waals surface area contributed by atoms with Crippen LogP contribution in [-0.4, -0.2) is 11.1 Å². The first-order valence-corrected chi connectivity index (χ1v) is 6.95. The van der Waals surface area contributed by atoms with Crippen LogP contribution in [0.1, 0.15) is 31.7 Å². The summed E-state index contributed by atoms with van der Waals surface area (Å²) in [5.74, 6) is -0.359. The fraction of sp³-hybridized carbons (Fsp3) is 0.278. The van der Waals surface area contributed by atoms with Gasteiger partial charge in [-0.15, -0.1) is 0 Å². The van der Waals surface area contributed by atoms with Crippen LogP contribution in [0.5, 0.6) is 0 Å². The van der Waals surface area contributed by atoms with E-state index in [2.05, 4.69) is 50.2 Å². The minimum Gasteiger partial charge on any atom is -0.481 e. The van der Waals surface area contributed by atoms with E-state index < -0.39 is 5.97 Å². The molecule has 20 heavy (non-hydrogen) atoms. The first kappa shape index (κ1) is 14.3. The van der Waals surface area contributed by atoms with Crippen molar-refractivity contribution in [3.63, 3.8) is 0 Å². The van der Waals surface area contributed by atoms with Gasteiger partial charge in [-0.1, -0.05) is 68.4 Å². The Kier molecular flexibility index (Phi) is 4.57. The molecule has 0 heterocycles. The Morgan fingerprint density at radius 3 is 2.00 bits per heavy atom. The van der Waals surface area contributed by atoms with E-state index in [9.17, 15) is 4.79 Å². The van der Waals surface area contributed by atoms with Crippen molar-refractivity contribution in [2.75, 3.05) is 0 Å². The number of carboxylic acids is 1. The zero-order valence-electron chi connectivity index (χ0n) is 11.9. The van der Waals surface area contributed by atoms with Crippen LogP contribution < -0.4 is 0 Å². The van der Waals surface area contributed by atoms with Crippen LogP contribution in [0.25, 0.3) is 11.1 Å². The second-order valence-corrected chi connectivity index (χ2v) is 5.44. The van der Waals surface area contributed by atoms with Crippen LogP contribution in [0.2, 0.25) is 0 Å². The van der Waals surface area contributed by atoms with Crippen molar-refractivity contribution >= 4 is 5.97 Å². The molecule has 2 rings (SSSR count). The Morgan fingerprint density at radius 2 is 1.50 bits per heavy atom. The van der Waals surface area contributed by atoms with Crippen molar-refractivity contribution in [1.29, 1.82) is 0 Å². The van der Waals surface area contributed by atoms with E-state index in [4.69, 9.17) is 5.11 Å². The average Bonchev–Trinajstić information content (AvgIpc) is 2.45. The summed E-state index contributed by atoms with van der Waals surface area (Å²) in [6.45, 7) is 4.14. The highest BCUT2D eigenvalue weighted by Gasteiger charge is 2.19. The van der Waals surface area contributed by atoms with Gasteiger partial charge in [-0.25, -0.2) is 0 Å². The molecule has 0 aromatic heterocycles. The van der Waals surface area contributed by atoms with E-state index >= 15 is 0 Å². The molecule has 1 atom stereocenters. The van der Waals surface area contributed by atoms with E-state index in [0.717, 1.165) is 11.1 Å². The molecular weight excluding hydrogens is 248 g/mol. The molecule has 2 nitrogen and oxygen atoms in total. The molecule has 2 aromatic rings. The molecule has 0 saturated carbocycles. The molecule has 0 fully saturated rings. The highest BCUT2D eigenvalue weighted by atomic mass is 16.4. The molecule has 2 heteroatoms. The molecule has 1 unspecified atom stereocenters. The van der Waals surface area contributed by atoms with Gasteiger partial charge in [0.05, 0.1) is 6.42 Å². The van der Waals surface area contributed by atoms with E-state index in [1.54, 1.807) is 0 Å². The molecular formula is C18H20O2. The highest BCUT2D eigenvalue weighted by Crippen LogP contribution is 2.29. The van der Waals surface area contributed by atoms with E-state index in [1.165, 1.54) is 5.56 Å². The summed E-state index contributed by atoms with van der Waals surface area (Å²) in [4.78, 5) is 11.0. The van der Waals surface area contributed by atoms with Gasteiger partial charge in [-0.05, 0) is 28.5 Å². The van der Waals surface area contributed by atoms with Gasteiger partial charge in [0.25, 0.3) is 0 Å². The van der Waals surface area contributed by atoms with Crippen molar-refractivity contribution in [2.24, 2.45) is 5.92 Å². The molecule has 104 valence electrons. The number of aliphatic carboxylic acids is 1. The molecule has 0 aliphatic carbocycles. The summed E-state index contributed by atoms with van der Waals surface area (Å²) in [5, 5.41) is 9.03. The Labute approximate surface area is 120 Å². The molecule has 0 bridgehead atoms. The maximum absolute atomic E-state index is 11.0. The highest BCUT2D eigenvalue weighted by molar-refractivity contribution is 5.68. The first-order chi connectivity index (χ1) is 9.58. The Morgan fingerprint density at radius 1 is 0.950 bits per heavy atom. The quantitative estimate of drug-likeness (QED) is 0.862. The predicted molar refractivity (Wildman–Crippen MR) is 81.7 cm³/mol. The van der Waals surface area contributed by atoms with Crippen molar-refractivity contribution in [1.82, 2.24) is 0 Å². The number of benzene rings is 2. The van der Waals surface area contributed by atoms with Crippen LogP contribution in [-0.2, 0) is 4.79 Å². The number of carboxylic acid groups (broad SMARTS) is 1. The Balaban J connectivity index is 2.24. The van der Waals surface area contributed by atoms with Crippen molar-refractivity contribution in [2.45, 2.75) is 26.2 Å². The summed E-state index contributed by atoms with van der Waals surface area (Å²) in [6.07, 6.45) is 0.183. The molecule has 0 radical (unpaired) electrons. The maximum Gasteiger partial charge on any atom is 0.303 e. The van der Waals surface area contributed by atoms with Gasteiger partial charge in [0.1, 0.15) is 0 Å². The van der Waals surface area contributed by atoms with E-state index in [-0.39, 0.29) is 12.3 Å². The van der Waals surface area contributed by atoms with Crippen LogP contribution >= 0.6 is 0 Å². The molecule has 0 aliphatic rings. The average molecular weight is 268 g/mol. The predicted octanol–water partition coefficient (Wildman–Crippen LogP) is 4.57. The van der Waals surface area contributed by atoms with Gasteiger partial charge in [0, 0.05) is 0 Å². The summed E-state index contributed by atoms with van der Waals surface area (Å²) in [7, 11) is 0. The molecule has 1 N–H and O–H groups in total. The van der Waals surface area contributed by atoms with Gasteiger partial charge in [0.2, 0.25) is 0 Å². The lowest BCUT2D eigenvalue weighted by Gasteiger charge is -2.19. The lowest BCUT2D eigenvalue weighted by atomic mass is 9.85. The number of hydrogen-bond donors (Lipinski definition) is 1. The van der Waals surface area contributed by atoms with Crippen molar-refractivity contribution in [3.05, 3.63) is 60.2 Å². The standard InChI is InChI=1S/C18H20O2/c1-13(2)17(12-18(19)20)16-10-8-15(9-11-16)14-6-4-3-5-7-14/h3-11,13,17H,12H2,1-2H3,(H,19,20). The van der Waals surface area contributed by atoms with Crippen molar-refractivity contribution < 1.29 is 9.90 Å². The topological polar surface area (TPSA) is 37.3 Å². The summed E-state index contributed by atoms with van der Waals surface area (Å²) < 4.78 is 0. The normalized spacial score (nSPS) is 12.3. The fourth-order valence-corrected chi connectivity index (χ4v) is 2.48. The SMILES string of the molecule is CC(C)C(CC(=O)O)c1ccc(-c2ccccc2)cc1. The van der Waals surface area contributed by atoms with Gasteiger partial charge >= 0.3 is 5.97 Å². The van der Waals surface area contributed by atoms with Crippen LogP contribution in [0, 0.1) is 5.92 Å². The molecule has 0 saturated heterocycles. The third-order valence-corrected chi connectivity index (χ3v) is 3.65. The largest absolute Gasteiger partial charge is 0.481 e. The monoisotopic (exact) mass is 268 g/mol. The number of carbonyl (C=O) groups is 1. The maximum atomic E-state index is 11.0. The number of rotatable bonds is 5. The van der Waals surface area contributed by atoms with Crippen LogP contribution in [0.15, 0.2) is 54.6 Å². The van der Waals surface area contributed by atoms with Gasteiger partial charge in [-0.3, -0.25) is 4.79 Å². The zero-order valence-corrected chi connectivity index (χ0v) is 11.9.